The van der Waals surface area contributed by atoms with Crippen LogP contribution < -0.4 is 0 Å². The molecule has 1 rings (SSSR count). The van der Waals surface area contributed by atoms with E-state index in [1.54, 1.807) is 11.0 Å². The van der Waals surface area contributed by atoms with Gasteiger partial charge in [-0.15, -0.1) is 6.58 Å². The Morgan fingerprint density at radius 2 is 1.89 bits per heavy atom. The van der Waals surface area contributed by atoms with Gasteiger partial charge in [-0.1, -0.05) is 23.8 Å². The molecule has 3 heteroatoms. The van der Waals surface area contributed by atoms with Crippen LogP contribution in [0.5, 0.6) is 0 Å². The highest BCUT2D eigenvalue weighted by molar-refractivity contribution is 5.97. The Labute approximate surface area is 109 Å². The van der Waals surface area contributed by atoms with Crippen molar-refractivity contribution in [1.29, 1.82) is 0 Å². The summed E-state index contributed by atoms with van der Waals surface area (Å²) in [4.78, 5) is 14.1. The van der Waals surface area contributed by atoms with Crippen molar-refractivity contribution in [2.45, 2.75) is 20.8 Å². The van der Waals surface area contributed by atoms with Crippen molar-refractivity contribution >= 4 is 5.91 Å². The molecule has 1 N–H and O–H groups in total. The van der Waals surface area contributed by atoms with Crippen LogP contribution in [0.2, 0.25) is 0 Å². The second kappa shape index (κ2) is 6.36. The van der Waals surface area contributed by atoms with Gasteiger partial charge in [0.25, 0.3) is 5.91 Å². The zero-order valence-corrected chi connectivity index (χ0v) is 11.4. The van der Waals surface area contributed by atoms with E-state index in [2.05, 4.69) is 6.58 Å². The number of aliphatic hydroxyl groups is 1. The molecule has 1 aromatic carbocycles. The molecule has 0 unspecified atom stereocenters. The SMILES string of the molecule is C=CCN(CCO)C(=O)c1c(C)cc(C)cc1C. The second-order valence-corrected chi connectivity index (χ2v) is 4.54. The average Bonchev–Trinajstić information content (AvgIpc) is 2.27. The van der Waals surface area contributed by atoms with E-state index in [4.69, 9.17) is 5.11 Å². The lowest BCUT2D eigenvalue weighted by atomic mass is 9.98. The van der Waals surface area contributed by atoms with Gasteiger partial charge in [-0.3, -0.25) is 4.79 Å². The van der Waals surface area contributed by atoms with E-state index in [0.29, 0.717) is 13.1 Å². The fraction of sp³-hybridized carbons (Fsp3) is 0.400. The van der Waals surface area contributed by atoms with Crippen LogP contribution in [0.4, 0.5) is 0 Å². The zero-order valence-electron chi connectivity index (χ0n) is 11.4. The molecule has 0 aliphatic heterocycles. The first-order valence-corrected chi connectivity index (χ1v) is 6.10. The predicted octanol–water partition coefficient (Wildman–Crippen LogP) is 2.23. The van der Waals surface area contributed by atoms with Crippen molar-refractivity contribution in [3.8, 4) is 0 Å². The Kier molecular flexibility index (Phi) is 5.10. The van der Waals surface area contributed by atoms with Gasteiger partial charge in [0.05, 0.1) is 6.61 Å². The topological polar surface area (TPSA) is 40.5 Å². The lowest BCUT2D eigenvalue weighted by Gasteiger charge is -2.22. The Hall–Kier alpha value is -1.61. The van der Waals surface area contributed by atoms with Gasteiger partial charge in [0.2, 0.25) is 0 Å². The molecular formula is C15H21NO2. The smallest absolute Gasteiger partial charge is 0.254 e. The minimum Gasteiger partial charge on any atom is -0.395 e. The van der Waals surface area contributed by atoms with Gasteiger partial charge < -0.3 is 10.0 Å². The van der Waals surface area contributed by atoms with Crippen molar-refractivity contribution in [3.05, 3.63) is 47.0 Å². The fourth-order valence-corrected chi connectivity index (χ4v) is 2.23. The molecule has 0 saturated carbocycles. The van der Waals surface area contributed by atoms with Crippen LogP contribution in [-0.2, 0) is 0 Å². The third kappa shape index (κ3) is 3.20. The van der Waals surface area contributed by atoms with Gasteiger partial charge in [0.1, 0.15) is 0 Å². The molecule has 0 aromatic heterocycles. The van der Waals surface area contributed by atoms with Gasteiger partial charge in [-0.2, -0.15) is 0 Å². The number of carbonyl (C=O) groups is 1. The van der Waals surface area contributed by atoms with Crippen molar-refractivity contribution in [3.63, 3.8) is 0 Å². The van der Waals surface area contributed by atoms with Crippen molar-refractivity contribution < 1.29 is 9.90 Å². The summed E-state index contributed by atoms with van der Waals surface area (Å²) in [6.07, 6.45) is 1.67. The lowest BCUT2D eigenvalue weighted by Crippen LogP contribution is -2.34. The van der Waals surface area contributed by atoms with E-state index in [1.807, 2.05) is 32.9 Å². The third-order valence-corrected chi connectivity index (χ3v) is 2.90. The molecule has 0 saturated heterocycles. The minimum absolute atomic E-state index is 0.0382. The Balaban J connectivity index is 3.12. The highest BCUT2D eigenvalue weighted by Crippen LogP contribution is 2.18. The first kappa shape index (κ1) is 14.5. The number of aryl methyl sites for hydroxylation is 3. The number of aliphatic hydroxyl groups excluding tert-OH is 1. The summed E-state index contributed by atoms with van der Waals surface area (Å²) in [6, 6.07) is 4.01. The largest absolute Gasteiger partial charge is 0.395 e. The Bertz CT molecular complexity index is 429. The molecule has 0 fully saturated rings. The van der Waals surface area contributed by atoms with E-state index in [1.165, 1.54) is 0 Å². The molecule has 0 aliphatic rings. The molecule has 1 amide bonds. The summed E-state index contributed by atoms with van der Waals surface area (Å²) in [5, 5.41) is 9.01. The summed E-state index contributed by atoms with van der Waals surface area (Å²) in [5.41, 5.74) is 3.84. The number of nitrogens with zero attached hydrogens (tertiary/aromatic N) is 1. The van der Waals surface area contributed by atoms with Gasteiger partial charge in [-0.25, -0.2) is 0 Å². The predicted molar refractivity (Wildman–Crippen MR) is 73.8 cm³/mol. The highest BCUT2D eigenvalue weighted by Gasteiger charge is 2.18. The number of hydrogen-bond donors (Lipinski definition) is 1. The van der Waals surface area contributed by atoms with Gasteiger partial charge >= 0.3 is 0 Å². The molecule has 0 bridgehead atoms. The lowest BCUT2D eigenvalue weighted by molar-refractivity contribution is 0.0741. The van der Waals surface area contributed by atoms with E-state index < -0.39 is 0 Å². The van der Waals surface area contributed by atoms with Crippen LogP contribution >= 0.6 is 0 Å². The van der Waals surface area contributed by atoms with Crippen LogP contribution in [0.15, 0.2) is 24.8 Å². The second-order valence-electron chi connectivity index (χ2n) is 4.54. The quantitative estimate of drug-likeness (QED) is 0.811. The maximum Gasteiger partial charge on any atom is 0.254 e. The molecule has 98 valence electrons. The first-order valence-electron chi connectivity index (χ1n) is 6.10. The molecule has 0 aliphatic carbocycles. The van der Waals surface area contributed by atoms with E-state index in [0.717, 1.165) is 22.3 Å². The van der Waals surface area contributed by atoms with Crippen LogP contribution in [0, 0.1) is 20.8 Å². The van der Waals surface area contributed by atoms with Gasteiger partial charge in [0.15, 0.2) is 0 Å². The standard InChI is InChI=1S/C15H21NO2/c1-5-6-16(7-8-17)15(18)14-12(3)9-11(2)10-13(14)4/h5,9-10,17H,1,6-8H2,2-4H3. The van der Waals surface area contributed by atoms with Crippen LogP contribution in [0.25, 0.3) is 0 Å². The van der Waals surface area contributed by atoms with Crippen molar-refractivity contribution in [2.75, 3.05) is 19.7 Å². The monoisotopic (exact) mass is 247 g/mol. The number of rotatable bonds is 5. The molecule has 18 heavy (non-hydrogen) atoms. The first-order chi connectivity index (χ1) is 8.51. The average molecular weight is 247 g/mol. The number of hydrogen-bond acceptors (Lipinski definition) is 2. The molecule has 0 heterocycles. The molecule has 0 radical (unpaired) electrons. The Morgan fingerprint density at radius 3 is 2.33 bits per heavy atom. The molecule has 0 spiro atoms. The third-order valence-electron chi connectivity index (χ3n) is 2.90. The molecule has 3 nitrogen and oxygen atoms in total. The van der Waals surface area contributed by atoms with Gasteiger partial charge in [-0.05, 0) is 31.9 Å². The van der Waals surface area contributed by atoms with Gasteiger partial charge in [0, 0.05) is 18.7 Å². The van der Waals surface area contributed by atoms with E-state index >= 15 is 0 Å². The van der Waals surface area contributed by atoms with Crippen molar-refractivity contribution in [2.24, 2.45) is 0 Å². The fourth-order valence-electron chi connectivity index (χ4n) is 2.23. The summed E-state index contributed by atoms with van der Waals surface area (Å²) in [5.74, 6) is -0.0426. The number of carbonyl (C=O) groups excluding carboxylic acids is 1. The van der Waals surface area contributed by atoms with E-state index in [9.17, 15) is 4.79 Å². The van der Waals surface area contributed by atoms with E-state index in [-0.39, 0.29) is 12.5 Å². The normalized spacial score (nSPS) is 10.2. The van der Waals surface area contributed by atoms with Crippen LogP contribution in [0.3, 0.4) is 0 Å². The number of amides is 1. The molecular weight excluding hydrogens is 226 g/mol. The summed E-state index contributed by atoms with van der Waals surface area (Å²) < 4.78 is 0. The summed E-state index contributed by atoms with van der Waals surface area (Å²) >= 11 is 0. The van der Waals surface area contributed by atoms with Crippen LogP contribution in [0.1, 0.15) is 27.0 Å². The van der Waals surface area contributed by atoms with Crippen LogP contribution in [-0.4, -0.2) is 35.6 Å². The highest BCUT2D eigenvalue weighted by atomic mass is 16.3. The van der Waals surface area contributed by atoms with Crippen molar-refractivity contribution in [1.82, 2.24) is 4.90 Å². The summed E-state index contributed by atoms with van der Waals surface area (Å²) in [7, 11) is 0. The maximum atomic E-state index is 12.4. The number of benzene rings is 1. The molecule has 1 aromatic rings. The molecule has 0 atom stereocenters. The minimum atomic E-state index is -0.0426. The maximum absolute atomic E-state index is 12.4. The summed E-state index contributed by atoms with van der Waals surface area (Å²) in [6.45, 7) is 10.3. The zero-order chi connectivity index (χ0) is 13.7. The Morgan fingerprint density at radius 1 is 1.33 bits per heavy atom.